The van der Waals surface area contributed by atoms with Gasteiger partial charge in [-0.05, 0) is 30.9 Å². The first-order chi connectivity index (χ1) is 10.5. The van der Waals surface area contributed by atoms with Crippen molar-refractivity contribution in [3.63, 3.8) is 0 Å². The van der Waals surface area contributed by atoms with E-state index in [2.05, 4.69) is 10.5 Å². The molecule has 22 heavy (non-hydrogen) atoms. The molecular weight excluding hydrogens is 328 g/mol. The van der Waals surface area contributed by atoms with E-state index in [1.165, 1.54) is 24.5 Å². The van der Waals surface area contributed by atoms with Gasteiger partial charge in [-0.15, -0.1) is 11.3 Å². The van der Waals surface area contributed by atoms with Crippen LogP contribution in [-0.2, 0) is 16.0 Å². The summed E-state index contributed by atoms with van der Waals surface area (Å²) < 4.78 is 5.08. The molecule has 1 aliphatic carbocycles. The molecule has 0 spiro atoms. The fraction of sp³-hybridized carbons (Fsp3) is 0.357. The summed E-state index contributed by atoms with van der Waals surface area (Å²) in [6, 6.07) is 0. The Morgan fingerprint density at radius 2 is 2.23 bits per heavy atom. The predicted molar refractivity (Wildman–Crippen MR) is 86.0 cm³/mol. The van der Waals surface area contributed by atoms with E-state index < -0.39 is 5.97 Å². The molecule has 2 rings (SSSR count). The van der Waals surface area contributed by atoms with Gasteiger partial charge in [-0.3, -0.25) is 4.79 Å². The lowest BCUT2D eigenvalue weighted by molar-refractivity contribution is -0.114. The summed E-state index contributed by atoms with van der Waals surface area (Å²) in [5.74, 6) is -0.756. The molecule has 1 aromatic rings. The van der Waals surface area contributed by atoms with E-state index in [0.29, 0.717) is 38.9 Å². The Kier molecular flexibility index (Phi) is 5.20. The lowest BCUT2D eigenvalue weighted by Gasteiger charge is -2.14. The summed E-state index contributed by atoms with van der Waals surface area (Å²) in [6.45, 7) is 3.33. The summed E-state index contributed by atoms with van der Waals surface area (Å²) in [5, 5.41) is 15.2. The molecule has 6 nitrogen and oxygen atoms in total. The van der Waals surface area contributed by atoms with Crippen LogP contribution in [0.15, 0.2) is 10.7 Å². The third-order valence-electron chi connectivity index (χ3n) is 3.12. The van der Waals surface area contributed by atoms with Crippen molar-refractivity contribution in [1.82, 2.24) is 0 Å². The van der Waals surface area contributed by atoms with Crippen LogP contribution in [0.2, 0.25) is 0 Å². The van der Waals surface area contributed by atoms with E-state index in [0.717, 1.165) is 5.56 Å². The van der Waals surface area contributed by atoms with E-state index in [-0.39, 0.29) is 12.5 Å². The summed E-state index contributed by atoms with van der Waals surface area (Å²) in [4.78, 5) is 24.2. The lowest BCUT2D eigenvalue weighted by atomic mass is 9.95. The second-order valence-electron chi connectivity index (χ2n) is 4.60. The molecule has 1 amide bonds. The maximum atomic E-state index is 12.2. The highest BCUT2D eigenvalue weighted by Crippen LogP contribution is 2.44. The first-order valence-corrected chi connectivity index (χ1v) is 7.85. The molecule has 1 aromatic heterocycles. The largest absolute Gasteiger partial charge is 0.462 e. The molecule has 2 N–H and O–H groups in total. The number of hydrogen-bond acceptors (Lipinski definition) is 6. The van der Waals surface area contributed by atoms with Gasteiger partial charge in [-0.2, -0.15) is 0 Å². The molecule has 0 aromatic carbocycles. The number of carbonyl (C=O) groups is 2. The first kappa shape index (κ1) is 16.5. The number of thiophene rings is 1. The van der Waals surface area contributed by atoms with Crippen molar-refractivity contribution < 1.29 is 19.5 Å². The zero-order chi connectivity index (χ0) is 16.3. The molecule has 1 heterocycles. The second-order valence-corrected chi connectivity index (χ2v) is 6.00. The SMILES string of the molecule is CCOC(=O)c1c(NC(C)=O)sc2c1CCC(/C=N/O)=C2Cl. The highest BCUT2D eigenvalue weighted by atomic mass is 35.5. The van der Waals surface area contributed by atoms with E-state index >= 15 is 0 Å². The van der Waals surface area contributed by atoms with E-state index in [1.807, 2.05) is 0 Å². The third kappa shape index (κ3) is 3.15. The quantitative estimate of drug-likeness (QED) is 0.380. The summed E-state index contributed by atoms with van der Waals surface area (Å²) in [6.07, 6.45) is 2.38. The minimum atomic E-state index is -0.479. The fourth-order valence-electron chi connectivity index (χ4n) is 2.25. The molecule has 118 valence electrons. The highest BCUT2D eigenvalue weighted by molar-refractivity contribution is 7.18. The minimum Gasteiger partial charge on any atom is -0.462 e. The number of amides is 1. The molecule has 0 saturated carbocycles. The number of nitrogens with zero attached hydrogens (tertiary/aromatic N) is 1. The number of ether oxygens (including phenoxy) is 1. The molecular formula is C14H15ClN2O4S. The molecule has 0 radical (unpaired) electrons. The van der Waals surface area contributed by atoms with Gasteiger partial charge in [0.1, 0.15) is 5.00 Å². The Morgan fingerprint density at radius 3 is 2.82 bits per heavy atom. The first-order valence-electron chi connectivity index (χ1n) is 6.66. The van der Waals surface area contributed by atoms with Crippen LogP contribution in [0.3, 0.4) is 0 Å². The van der Waals surface area contributed by atoms with Gasteiger partial charge in [0, 0.05) is 6.92 Å². The Balaban J connectivity index is 2.57. The van der Waals surface area contributed by atoms with E-state index in [1.54, 1.807) is 6.92 Å². The number of hydrogen-bond donors (Lipinski definition) is 2. The molecule has 0 atom stereocenters. The van der Waals surface area contributed by atoms with Gasteiger partial charge < -0.3 is 15.3 Å². The average molecular weight is 343 g/mol. The average Bonchev–Trinajstić information content (AvgIpc) is 2.80. The standard InChI is InChI=1S/C14H15ClN2O4S/c1-3-21-14(19)10-9-5-4-8(6-16-20)11(15)12(9)22-13(10)17-7(2)18/h6,20H,3-5H2,1-2H3,(H,17,18)/b16-6+. The lowest BCUT2D eigenvalue weighted by Crippen LogP contribution is -2.13. The number of allylic oxidation sites excluding steroid dienone is 1. The molecule has 1 aliphatic rings. The van der Waals surface area contributed by atoms with Crippen LogP contribution >= 0.6 is 22.9 Å². The number of carbonyl (C=O) groups excluding carboxylic acids is 2. The molecule has 0 fully saturated rings. The fourth-order valence-corrected chi connectivity index (χ4v) is 3.88. The van der Waals surface area contributed by atoms with Crippen LogP contribution in [0.1, 0.15) is 41.1 Å². The molecule has 8 heteroatoms. The highest BCUT2D eigenvalue weighted by Gasteiger charge is 2.29. The van der Waals surface area contributed by atoms with Crippen molar-refractivity contribution >= 4 is 51.1 Å². The van der Waals surface area contributed by atoms with Crippen molar-refractivity contribution in [3.05, 3.63) is 21.6 Å². The van der Waals surface area contributed by atoms with Crippen LogP contribution in [0.5, 0.6) is 0 Å². The number of esters is 1. The van der Waals surface area contributed by atoms with E-state index in [4.69, 9.17) is 21.5 Å². The number of halogens is 1. The van der Waals surface area contributed by atoms with Gasteiger partial charge in [0.15, 0.2) is 0 Å². The van der Waals surface area contributed by atoms with Crippen molar-refractivity contribution in [2.75, 3.05) is 11.9 Å². The molecule has 0 aliphatic heterocycles. The summed E-state index contributed by atoms with van der Waals surface area (Å²) in [5.41, 5.74) is 1.80. The van der Waals surface area contributed by atoms with Gasteiger partial charge in [-0.1, -0.05) is 16.8 Å². The maximum absolute atomic E-state index is 12.2. The zero-order valence-electron chi connectivity index (χ0n) is 12.1. The number of rotatable bonds is 4. The van der Waals surface area contributed by atoms with Gasteiger partial charge >= 0.3 is 5.97 Å². The molecule has 0 bridgehead atoms. The number of nitrogens with one attached hydrogen (secondary N) is 1. The number of anilines is 1. The minimum absolute atomic E-state index is 0.245. The Labute approximate surface area is 136 Å². The van der Waals surface area contributed by atoms with Crippen molar-refractivity contribution in [2.24, 2.45) is 5.16 Å². The zero-order valence-corrected chi connectivity index (χ0v) is 13.7. The van der Waals surface area contributed by atoms with Crippen molar-refractivity contribution in [2.45, 2.75) is 26.7 Å². The van der Waals surface area contributed by atoms with Gasteiger partial charge in [0.2, 0.25) is 5.91 Å². The number of oxime groups is 1. The molecule has 0 unspecified atom stereocenters. The monoisotopic (exact) mass is 342 g/mol. The van der Waals surface area contributed by atoms with Crippen LogP contribution < -0.4 is 5.32 Å². The maximum Gasteiger partial charge on any atom is 0.341 e. The van der Waals surface area contributed by atoms with Gasteiger partial charge in [0.05, 0.1) is 28.3 Å². The van der Waals surface area contributed by atoms with Gasteiger partial charge in [-0.25, -0.2) is 4.79 Å². The van der Waals surface area contributed by atoms with Crippen molar-refractivity contribution in [3.8, 4) is 0 Å². The Hall–Kier alpha value is -1.86. The molecule has 0 saturated heterocycles. The Morgan fingerprint density at radius 1 is 1.50 bits per heavy atom. The van der Waals surface area contributed by atoms with Crippen LogP contribution in [-0.4, -0.2) is 29.9 Å². The normalized spacial score (nSPS) is 14.1. The second kappa shape index (κ2) is 6.93. The van der Waals surface area contributed by atoms with Crippen LogP contribution in [0.25, 0.3) is 5.03 Å². The number of fused-ring (bicyclic) bond motifs is 1. The topological polar surface area (TPSA) is 88.0 Å². The summed E-state index contributed by atoms with van der Waals surface area (Å²) in [7, 11) is 0. The van der Waals surface area contributed by atoms with Crippen molar-refractivity contribution in [1.29, 1.82) is 0 Å². The van der Waals surface area contributed by atoms with Crippen LogP contribution in [0, 0.1) is 0 Å². The smallest absolute Gasteiger partial charge is 0.341 e. The Bertz CT molecular complexity index is 679. The predicted octanol–water partition coefficient (Wildman–Crippen LogP) is 3.24. The third-order valence-corrected chi connectivity index (χ3v) is 4.82. The van der Waals surface area contributed by atoms with Gasteiger partial charge in [0.25, 0.3) is 0 Å². The van der Waals surface area contributed by atoms with Crippen LogP contribution in [0.4, 0.5) is 5.00 Å². The summed E-state index contributed by atoms with van der Waals surface area (Å²) >= 11 is 7.53. The van der Waals surface area contributed by atoms with E-state index in [9.17, 15) is 9.59 Å².